The zero-order valence-electron chi connectivity index (χ0n) is 6.25. The first kappa shape index (κ1) is 10.4. The molecular weight excluding hydrogens is 157 g/mol. The molecule has 0 N–H and O–H groups in total. The summed E-state index contributed by atoms with van der Waals surface area (Å²) in [5.74, 6) is 0. The molecule has 0 aliphatic heterocycles. The maximum atomic E-state index is 10.4. The van der Waals surface area contributed by atoms with Crippen molar-refractivity contribution in [3.05, 3.63) is 11.4 Å². The second kappa shape index (κ2) is 4.35. The van der Waals surface area contributed by atoms with E-state index in [-0.39, 0.29) is 51.4 Å². The topological polar surface area (TPSA) is 61.7 Å². The van der Waals surface area contributed by atoms with E-state index in [1.165, 1.54) is 0 Å². The van der Waals surface area contributed by atoms with Gasteiger partial charge < -0.3 is 5.11 Å². The number of aryl methyl sites for hydroxylation is 2. The van der Waals surface area contributed by atoms with E-state index in [0.29, 0.717) is 11.4 Å². The van der Waals surface area contributed by atoms with Gasteiger partial charge in [-0.25, -0.2) is 4.98 Å². The van der Waals surface area contributed by atoms with E-state index in [9.17, 15) is 5.11 Å². The minimum Gasteiger partial charge on any atom is -0.843 e. The Kier molecular flexibility index (Phi) is 4.54. The first-order valence-corrected chi connectivity index (χ1v) is 2.55. The van der Waals surface area contributed by atoms with Crippen LogP contribution in [-0.2, 0) is 0 Å². The molecule has 10 heavy (non-hydrogen) atoms. The number of nitrogens with zero attached hydrogens (tertiary/aromatic N) is 3. The quantitative estimate of drug-likeness (QED) is 0.373. The Morgan fingerprint density at radius 1 is 1.10 bits per heavy atom. The van der Waals surface area contributed by atoms with Gasteiger partial charge >= 0.3 is 51.4 Å². The van der Waals surface area contributed by atoms with Gasteiger partial charge in [-0.3, -0.25) is 0 Å². The van der Waals surface area contributed by atoms with Crippen molar-refractivity contribution in [3.63, 3.8) is 0 Å². The van der Waals surface area contributed by atoms with Crippen molar-refractivity contribution in [1.29, 1.82) is 0 Å². The average molecular weight is 163 g/mol. The Bertz CT molecular complexity index is 228. The average Bonchev–Trinajstić information content (AvgIpc) is 1.80. The summed E-state index contributed by atoms with van der Waals surface area (Å²) >= 11 is 0. The van der Waals surface area contributed by atoms with Crippen LogP contribution in [0, 0.1) is 13.8 Å². The van der Waals surface area contributed by atoms with Gasteiger partial charge in [-0.15, -0.1) is 5.10 Å². The van der Waals surface area contributed by atoms with Crippen molar-refractivity contribution in [2.45, 2.75) is 13.8 Å². The summed E-state index contributed by atoms with van der Waals surface area (Å²) in [5, 5.41) is 17.1. The van der Waals surface area contributed by atoms with Crippen LogP contribution in [0.2, 0.25) is 0 Å². The van der Waals surface area contributed by atoms with Gasteiger partial charge in [0.2, 0.25) is 0 Å². The molecule has 1 aromatic heterocycles. The van der Waals surface area contributed by atoms with Crippen molar-refractivity contribution >= 4 is 0 Å². The second-order valence-corrected chi connectivity index (χ2v) is 1.77. The van der Waals surface area contributed by atoms with E-state index in [0.717, 1.165) is 0 Å². The van der Waals surface area contributed by atoms with Gasteiger partial charge in [-0.2, -0.15) is 5.10 Å². The number of aromatic nitrogens is 3. The molecule has 0 aromatic carbocycles. The Labute approximate surface area is 102 Å². The molecule has 0 amide bonds. The first-order chi connectivity index (χ1) is 4.20. The fraction of sp³-hybridized carbons (Fsp3) is 0.400. The van der Waals surface area contributed by atoms with E-state index < -0.39 is 6.01 Å². The normalized spacial score (nSPS) is 8.60. The van der Waals surface area contributed by atoms with Crippen molar-refractivity contribution in [2.24, 2.45) is 0 Å². The smallest absolute Gasteiger partial charge is 0.843 e. The largest absolute Gasteiger partial charge is 1.00 e. The Morgan fingerprint density at radius 3 is 2.10 bits per heavy atom. The number of hydrogen-bond acceptors (Lipinski definition) is 4. The van der Waals surface area contributed by atoms with E-state index in [2.05, 4.69) is 15.2 Å². The predicted molar refractivity (Wildman–Crippen MR) is 28.7 cm³/mol. The van der Waals surface area contributed by atoms with Crippen molar-refractivity contribution in [1.82, 2.24) is 15.2 Å². The summed E-state index contributed by atoms with van der Waals surface area (Å²) in [6, 6.07) is -0.516. The molecule has 0 saturated carbocycles. The fourth-order valence-corrected chi connectivity index (χ4v) is 0.437. The zero-order chi connectivity index (χ0) is 6.85. The number of rotatable bonds is 0. The third-order valence-electron chi connectivity index (χ3n) is 1.07. The zero-order valence-corrected chi connectivity index (χ0v) is 9.37. The molecule has 0 spiro atoms. The second-order valence-electron chi connectivity index (χ2n) is 1.77. The molecule has 1 heterocycles. The molecule has 0 aliphatic carbocycles. The molecule has 0 bridgehead atoms. The van der Waals surface area contributed by atoms with Crippen LogP contribution >= 0.6 is 0 Å². The Balaban J connectivity index is 0.000000810. The van der Waals surface area contributed by atoms with Gasteiger partial charge in [-0.1, -0.05) is 0 Å². The third-order valence-corrected chi connectivity index (χ3v) is 1.07. The van der Waals surface area contributed by atoms with Crippen molar-refractivity contribution < 1.29 is 56.5 Å². The van der Waals surface area contributed by atoms with E-state index >= 15 is 0 Å². The molecule has 5 heteroatoms. The van der Waals surface area contributed by atoms with Crippen LogP contribution in [0.1, 0.15) is 11.4 Å². The van der Waals surface area contributed by atoms with Crippen LogP contribution in [-0.4, -0.2) is 15.2 Å². The van der Waals surface area contributed by atoms with Gasteiger partial charge in [0, 0.05) is 0 Å². The Hall–Kier alpha value is 0.446. The molecular formula is C5H6KN3O. The van der Waals surface area contributed by atoms with Gasteiger partial charge in [0.25, 0.3) is 0 Å². The van der Waals surface area contributed by atoms with Crippen LogP contribution in [0.25, 0.3) is 0 Å². The van der Waals surface area contributed by atoms with Gasteiger partial charge in [0.15, 0.2) is 0 Å². The monoisotopic (exact) mass is 163 g/mol. The first-order valence-electron chi connectivity index (χ1n) is 2.55. The molecule has 4 nitrogen and oxygen atoms in total. The summed E-state index contributed by atoms with van der Waals surface area (Å²) in [6.45, 7) is 3.49. The van der Waals surface area contributed by atoms with Crippen molar-refractivity contribution in [2.75, 3.05) is 0 Å². The third kappa shape index (κ3) is 2.59. The molecule has 0 radical (unpaired) electrons. The summed E-state index contributed by atoms with van der Waals surface area (Å²) in [6.07, 6.45) is 0. The summed E-state index contributed by atoms with van der Waals surface area (Å²) < 4.78 is 0. The van der Waals surface area contributed by atoms with Crippen LogP contribution in [0.15, 0.2) is 0 Å². The van der Waals surface area contributed by atoms with E-state index in [1.807, 2.05) is 0 Å². The van der Waals surface area contributed by atoms with E-state index in [1.54, 1.807) is 13.8 Å². The van der Waals surface area contributed by atoms with E-state index in [4.69, 9.17) is 0 Å². The minimum absolute atomic E-state index is 0. The van der Waals surface area contributed by atoms with Crippen LogP contribution < -0.4 is 56.5 Å². The summed E-state index contributed by atoms with van der Waals surface area (Å²) in [5.41, 5.74) is 1.35. The molecule has 0 atom stereocenters. The maximum Gasteiger partial charge on any atom is 1.00 e. The predicted octanol–water partition coefficient (Wildman–Crippen LogP) is -3.43. The minimum atomic E-state index is -0.516. The van der Waals surface area contributed by atoms with Crippen molar-refractivity contribution in [3.8, 4) is 6.01 Å². The summed E-state index contributed by atoms with van der Waals surface area (Å²) in [4.78, 5) is 3.54. The molecule has 0 aliphatic rings. The SMILES string of the molecule is Cc1nnc([O-])nc1C.[K+]. The number of hydrogen-bond donors (Lipinski definition) is 0. The summed E-state index contributed by atoms with van der Waals surface area (Å²) in [7, 11) is 0. The van der Waals surface area contributed by atoms with Crippen LogP contribution in [0.5, 0.6) is 6.01 Å². The van der Waals surface area contributed by atoms with Crippen LogP contribution in [0.3, 0.4) is 0 Å². The molecule has 1 aromatic rings. The molecule has 1 rings (SSSR count). The molecule has 48 valence electrons. The molecule has 0 saturated heterocycles. The van der Waals surface area contributed by atoms with Gasteiger partial charge in [-0.05, 0) is 13.8 Å². The molecule has 0 unspecified atom stereocenters. The Morgan fingerprint density at radius 2 is 1.70 bits per heavy atom. The molecule has 0 fully saturated rings. The van der Waals surface area contributed by atoms with Gasteiger partial charge in [0.05, 0.1) is 11.4 Å². The van der Waals surface area contributed by atoms with Gasteiger partial charge in [0.1, 0.15) is 6.01 Å². The fourth-order valence-electron chi connectivity index (χ4n) is 0.437. The maximum absolute atomic E-state index is 10.4. The van der Waals surface area contributed by atoms with Crippen LogP contribution in [0.4, 0.5) is 0 Å². The standard InChI is InChI=1S/C5H7N3O.K/c1-3-4(2)7-8-5(9)6-3;/h1-2H3,(H,6,8,9);/q;+1/p-1.